The van der Waals surface area contributed by atoms with Crippen LogP contribution >= 0.6 is 11.3 Å². The molecule has 0 bridgehead atoms. The zero-order chi connectivity index (χ0) is 54.9. The number of nitrogens with zero attached hydrogens (tertiary/aromatic N) is 4. The van der Waals surface area contributed by atoms with Crippen molar-refractivity contribution in [2.45, 2.75) is 162 Å². The predicted molar refractivity (Wildman–Crippen MR) is 273 cm³/mol. The molecule has 0 radical (unpaired) electrons. The molecule has 0 saturated carbocycles. The molecule has 410 valence electrons. The first kappa shape index (κ1) is 62.7. The molecular weight excluding hydrogens is 969 g/mol. The van der Waals surface area contributed by atoms with Crippen LogP contribution in [-0.2, 0) is 54.4 Å². The summed E-state index contributed by atoms with van der Waals surface area (Å²) in [6.07, 6.45) is 0.748. The van der Waals surface area contributed by atoms with Gasteiger partial charge in [-0.2, -0.15) is 0 Å². The van der Waals surface area contributed by atoms with Gasteiger partial charge < -0.3 is 68.9 Å². The number of rotatable bonds is 31. The average Bonchev–Trinajstić information content (AvgIpc) is 4.04. The third kappa shape index (κ3) is 21.7. The third-order valence-corrected chi connectivity index (χ3v) is 12.7. The maximum Gasteiger partial charge on any atom is 0.245 e. The molecule has 13 N–H and O–H groups in total. The molecule has 1 aromatic rings. The molecule has 1 saturated heterocycles. The summed E-state index contributed by atoms with van der Waals surface area (Å²) in [5, 5.41) is 33.6. The van der Waals surface area contributed by atoms with Crippen LogP contribution in [0.3, 0.4) is 0 Å². The van der Waals surface area contributed by atoms with Crippen LogP contribution in [0.15, 0.2) is 15.9 Å². The Hall–Kier alpha value is -6.44. The fraction of sp³-hybridized carbons (Fsp3) is 0.702. The van der Waals surface area contributed by atoms with Crippen molar-refractivity contribution in [2.24, 2.45) is 28.3 Å². The highest BCUT2D eigenvalue weighted by Crippen LogP contribution is 2.21. The van der Waals surface area contributed by atoms with Crippen LogP contribution in [0.5, 0.6) is 0 Å². The molecule has 1 fully saturated rings. The van der Waals surface area contributed by atoms with Crippen molar-refractivity contribution in [3.63, 3.8) is 0 Å². The number of amides is 10. The maximum atomic E-state index is 14.2. The summed E-state index contributed by atoms with van der Waals surface area (Å²) in [6.45, 7) is 13.2. The molecule has 25 nitrogen and oxygen atoms in total. The van der Waals surface area contributed by atoms with Gasteiger partial charge in [0.25, 0.3) is 0 Å². The summed E-state index contributed by atoms with van der Waals surface area (Å²) in [5.41, 5.74) is 13.0. The summed E-state index contributed by atoms with van der Waals surface area (Å²) in [5.74, 6) is -7.34. The minimum atomic E-state index is -1.64. The second kappa shape index (κ2) is 31.9. The Bertz CT molecular complexity index is 2050. The minimum absolute atomic E-state index is 0.0538. The van der Waals surface area contributed by atoms with E-state index < -0.39 is 108 Å². The first-order chi connectivity index (χ1) is 34.4. The number of thiazole rings is 1. The molecule has 1 aliphatic heterocycles. The van der Waals surface area contributed by atoms with Crippen LogP contribution in [0.2, 0.25) is 0 Å². The number of carbonyl (C=O) groups excluding carboxylic acids is 10. The van der Waals surface area contributed by atoms with Gasteiger partial charge in [0.2, 0.25) is 59.1 Å². The maximum absolute atomic E-state index is 14.2. The molecule has 1 aromatic heterocycles. The Morgan fingerprint density at radius 1 is 0.808 bits per heavy atom. The number of aromatic nitrogens is 1. The topological polar surface area (TPSA) is 371 Å². The number of nitrogens with two attached hydrogens (primary N) is 2. The Morgan fingerprint density at radius 2 is 1.42 bits per heavy atom. The van der Waals surface area contributed by atoms with Gasteiger partial charge in [0.05, 0.1) is 30.4 Å². The number of nitrogens with one attached hydrogen (secondary N) is 8. The quantitative estimate of drug-likeness (QED) is 0.0211. The van der Waals surface area contributed by atoms with Gasteiger partial charge in [0, 0.05) is 45.4 Å². The largest absolute Gasteiger partial charge is 0.391 e. The van der Waals surface area contributed by atoms with Gasteiger partial charge in [-0.25, -0.2) is 4.98 Å². The van der Waals surface area contributed by atoms with E-state index in [2.05, 4.69) is 52.5 Å². The van der Waals surface area contributed by atoms with Crippen molar-refractivity contribution >= 4 is 76.4 Å². The fourth-order valence-corrected chi connectivity index (χ4v) is 8.36. The standard InChI is InChI=1S/C47H80N14O11S/c1-10-15-31(40(66)58-38(27(6)11-2)44(70)56-32(16-13-18-51-47(48)49)46(72)61-19-14-17-35(61)43(69)50-12-3)55-45(71)39(28(7)62)59-42(68)33(20-26(4)5)57-41(67)34(21-30-24-73-25-53-30)54-36(64)22-52-37(65)23-60(9)29(8)63/h24-28,31-35,38-39,62H,10-23H2,1-9H3,(H,50,69)(H,52,65)(H,54,64)(H,55,71)(H,56,70)(H,57,67)(H,58,66)(H,59,68)(H4,48,49,51)/t27-,28+,31-,32-,33+,34-,35-,38-,39-/m0/s1. The van der Waals surface area contributed by atoms with E-state index in [0.29, 0.717) is 50.9 Å². The molecule has 0 aliphatic carbocycles. The summed E-state index contributed by atoms with van der Waals surface area (Å²) in [4.78, 5) is 145. The lowest BCUT2D eigenvalue weighted by Gasteiger charge is -2.31. The predicted octanol–water partition coefficient (Wildman–Crippen LogP) is -2.36. The molecule has 0 spiro atoms. The second-order valence-corrected chi connectivity index (χ2v) is 19.4. The van der Waals surface area contributed by atoms with Crippen LogP contribution in [0.4, 0.5) is 0 Å². The number of hydrogen-bond acceptors (Lipinski definition) is 14. The minimum Gasteiger partial charge on any atom is -0.391 e. The van der Waals surface area contributed by atoms with E-state index in [1.165, 1.54) is 42.6 Å². The smallest absolute Gasteiger partial charge is 0.245 e. The van der Waals surface area contributed by atoms with Crippen LogP contribution < -0.4 is 54.0 Å². The number of guanidine groups is 1. The van der Waals surface area contributed by atoms with E-state index in [4.69, 9.17) is 11.5 Å². The number of aliphatic hydroxyl groups is 1. The van der Waals surface area contributed by atoms with E-state index >= 15 is 0 Å². The van der Waals surface area contributed by atoms with E-state index in [1.807, 2.05) is 6.92 Å². The van der Waals surface area contributed by atoms with Gasteiger partial charge in [0.1, 0.15) is 42.3 Å². The summed E-state index contributed by atoms with van der Waals surface area (Å²) in [6, 6.07) is -8.52. The molecule has 10 amide bonds. The Morgan fingerprint density at radius 3 is 2.00 bits per heavy atom. The summed E-state index contributed by atoms with van der Waals surface area (Å²) in [7, 11) is 1.42. The van der Waals surface area contributed by atoms with Gasteiger partial charge in [-0.15, -0.1) is 11.3 Å². The zero-order valence-electron chi connectivity index (χ0n) is 43.7. The van der Waals surface area contributed by atoms with E-state index in [1.54, 1.807) is 40.0 Å². The molecule has 0 aromatic carbocycles. The lowest BCUT2D eigenvalue weighted by atomic mass is 9.96. The number of aliphatic imine (C=N–C) groups is 1. The molecule has 9 atom stereocenters. The fourth-order valence-electron chi connectivity index (χ4n) is 7.79. The SMILES string of the molecule is CCC[C@H](NC(=O)[C@@H](NC(=O)[C@@H](CC(C)C)NC(=O)[C@H](Cc1cscn1)NC(=O)CNC(=O)CN(C)C(C)=O)[C@@H](C)O)C(=O)N[C@H](C(=O)N[C@@H](CCCN=C(N)N)C(=O)N1CCC[C@H]1C(=O)NCC)[C@@H](C)CC. The molecule has 2 heterocycles. The highest BCUT2D eigenvalue weighted by molar-refractivity contribution is 7.07. The first-order valence-corrected chi connectivity index (χ1v) is 25.9. The van der Waals surface area contributed by atoms with Gasteiger partial charge in [-0.1, -0.05) is 47.5 Å². The van der Waals surface area contributed by atoms with Crippen molar-refractivity contribution in [2.75, 3.05) is 39.8 Å². The highest BCUT2D eigenvalue weighted by atomic mass is 32.1. The average molecular weight is 1050 g/mol. The van der Waals surface area contributed by atoms with Crippen LogP contribution in [0, 0.1) is 11.8 Å². The number of hydrogen-bond donors (Lipinski definition) is 11. The zero-order valence-corrected chi connectivity index (χ0v) is 44.5. The molecule has 2 rings (SSSR count). The number of likely N-dealkylation sites (N-methyl/N-ethyl adjacent to an activating group) is 2. The van der Waals surface area contributed by atoms with Crippen molar-refractivity contribution in [3.8, 4) is 0 Å². The van der Waals surface area contributed by atoms with Crippen molar-refractivity contribution in [3.05, 3.63) is 16.6 Å². The van der Waals surface area contributed by atoms with Crippen molar-refractivity contribution in [1.82, 2.24) is 57.3 Å². The molecule has 26 heteroatoms. The van der Waals surface area contributed by atoms with Gasteiger partial charge in [-0.05, 0) is 64.2 Å². The van der Waals surface area contributed by atoms with Crippen LogP contribution in [-0.4, -0.2) is 173 Å². The van der Waals surface area contributed by atoms with Crippen LogP contribution in [0.25, 0.3) is 0 Å². The summed E-state index contributed by atoms with van der Waals surface area (Å²) < 4.78 is 0. The molecule has 1 aliphatic rings. The number of aliphatic hydroxyl groups excluding tert-OH is 1. The normalized spacial score (nSPS) is 16.4. The van der Waals surface area contributed by atoms with Crippen molar-refractivity contribution < 1.29 is 53.1 Å². The van der Waals surface area contributed by atoms with Gasteiger partial charge in [0.15, 0.2) is 5.96 Å². The van der Waals surface area contributed by atoms with E-state index in [9.17, 15) is 53.1 Å². The third-order valence-electron chi connectivity index (χ3n) is 12.1. The van der Waals surface area contributed by atoms with E-state index in [0.717, 1.165) is 4.90 Å². The second-order valence-electron chi connectivity index (χ2n) is 18.7. The number of carbonyl (C=O) groups is 10. The summed E-state index contributed by atoms with van der Waals surface area (Å²) >= 11 is 1.26. The lowest BCUT2D eigenvalue weighted by molar-refractivity contribution is -0.142. The number of likely N-dealkylation sites (tertiary alicyclic amines) is 1. The Kier molecular flexibility index (Phi) is 27.4. The van der Waals surface area contributed by atoms with Crippen LogP contribution in [0.1, 0.15) is 112 Å². The highest BCUT2D eigenvalue weighted by Gasteiger charge is 2.40. The Labute approximate surface area is 431 Å². The molecule has 0 unspecified atom stereocenters. The van der Waals surface area contributed by atoms with Crippen molar-refractivity contribution in [1.29, 1.82) is 0 Å². The van der Waals surface area contributed by atoms with E-state index in [-0.39, 0.29) is 62.5 Å². The van der Waals surface area contributed by atoms with Gasteiger partial charge in [-0.3, -0.25) is 52.9 Å². The Balaban J connectivity index is 2.31. The monoisotopic (exact) mass is 1050 g/mol. The molecule has 73 heavy (non-hydrogen) atoms. The first-order valence-electron chi connectivity index (χ1n) is 24.9. The lowest BCUT2D eigenvalue weighted by Crippen LogP contribution is -2.62. The molecular formula is C47H80N14O11S. The van der Waals surface area contributed by atoms with Gasteiger partial charge >= 0.3 is 0 Å².